The maximum atomic E-state index is 12.0. The molecular formula is C16H17N3OS. The fourth-order valence-corrected chi connectivity index (χ4v) is 3.00. The van der Waals surface area contributed by atoms with Crippen LogP contribution in [0.5, 0.6) is 0 Å². The van der Waals surface area contributed by atoms with Crippen LogP contribution < -0.4 is 5.32 Å². The van der Waals surface area contributed by atoms with Gasteiger partial charge in [-0.1, -0.05) is 55.5 Å². The monoisotopic (exact) mass is 299 g/mol. The minimum atomic E-state index is -0.110. The molecular weight excluding hydrogens is 282 g/mol. The number of carbonyl (C=O) groups is 1. The number of hydrogen-bond acceptors (Lipinski definition) is 3. The molecule has 0 aliphatic heterocycles. The van der Waals surface area contributed by atoms with Crippen LogP contribution in [0.3, 0.4) is 0 Å². The standard InChI is InChI=1S/C16H17N3OS/c1-11(2)8-17-15(20)13-9-19-10-14(21-16(19)18-13)12-6-4-3-5-7-12/h3-7,9-11H,8H2,1-2H3,(H,17,20). The number of aromatic nitrogens is 2. The van der Waals surface area contributed by atoms with Crippen molar-refractivity contribution in [2.75, 3.05) is 6.54 Å². The van der Waals surface area contributed by atoms with Gasteiger partial charge in [-0.15, -0.1) is 0 Å². The highest BCUT2D eigenvalue weighted by atomic mass is 32.1. The van der Waals surface area contributed by atoms with Crippen molar-refractivity contribution in [2.24, 2.45) is 5.92 Å². The van der Waals surface area contributed by atoms with Crippen LogP contribution in [0.25, 0.3) is 15.4 Å². The summed E-state index contributed by atoms with van der Waals surface area (Å²) >= 11 is 1.58. The van der Waals surface area contributed by atoms with Gasteiger partial charge in [0.2, 0.25) is 0 Å². The maximum absolute atomic E-state index is 12.0. The van der Waals surface area contributed by atoms with Gasteiger partial charge in [0.15, 0.2) is 4.96 Å². The average Bonchev–Trinajstić information content (AvgIpc) is 3.04. The van der Waals surface area contributed by atoms with E-state index in [4.69, 9.17) is 0 Å². The molecule has 0 unspecified atom stereocenters. The van der Waals surface area contributed by atoms with Gasteiger partial charge in [0.05, 0.1) is 4.88 Å². The van der Waals surface area contributed by atoms with Gasteiger partial charge in [-0.25, -0.2) is 4.98 Å². The number of thiazole rings is 1. The first kappa shape index (κ1) is 13.8. The predicted octanol–water partition coefficient (Wildman–Crippen LogP) is 3.45. The number of rotatable bonds is 4. The largest absolute Gasteiger partial charge is 0.350 e. The Balaban J connectivity index is 1.83. The molecule has 1 aromatic carbocycles. The third-order valence-electron chi connectivity index (χ3n) is 3.12. The molecule has 2 aromatic heterocycles. The molecule has 1 N–H and O–H groups in total. The molecule has 0 spiro atoms. The first-order chi connectivity index (χ1) is 10.1. The highest BCUT2D eigenvalue weighted by molar-refractivity contribution is 7.20. The maximum Gasteiger partial charge on any atom is 0.271 e. The van der Waals surface area contributed by atoms with Gasteiger partial charge in [0.25, 0.3) is 5.91 Å². The van der Waals surface area contributed by atoms with Crippen LogP contribution in [0, 0.1) is 5.92 Å². The molecule has 0 radical (unpaired) electrons. The van der Waals surface area contributed by atoms with Crippen molar-refractivity contribution in [3.8, 4) is 10.4 Å². The summed E-state index contributed by atoms with van der Waals surface area (Å²) in [5, 5.41) is 2.89. The van der Waals surface area contributed by atoms with E-state index in [0.717, 1.165) is 9.84 Å². The first-order valence-electron chi connectivity index (χ1n) is 6.95. The zero-order chi connectivity index (χ0) is 14.8. The molecule has 5 heteroatoms. The number of amides is 1. The van der Waals surface area contributed by atoms with Crippen LogP contribution in [0.15, 0.2) is 42.7 Å². The fraction of sp³-hybridized carbons (Fsp3) is 0.250. The summed E-state index contributed by atoms with van der Waals surface area (Å²) in [5.41, 5.74) is 1.64. The number of nitrogens with zero attached hydrogens (tertiary/aromatic N) is 2. The molecule has 3 aromatic rings. The van der Waals surface area contributed by atoms with E-state index in [-0.39, 0.29) is 5.91 Å². The topological polar surface area (TPSA) is 46.4 Å². The molecule has 21 heavy (non-hydrogen) atoms. The van der Waals surface area contributed by atoms with E-state index in [0.29, 0.717) is 18.2 Å². The number of nitrogens with one attached hydrogen (secondary N) is 1. The lowest BCUT2D eigenvalue weighted by molar-refractivity contribution is 0.0944. The minimum absolute atomic E-state index is 0.110. The van der Waals surface area contributed by atoms with Crippen LogP contribution in [0.2, 0.25) is 0 Å². The third-order valence-corrected chi connectivity index (χ3v) is 4.16. The van der Waals surface area contributed by atoms with Crippen LogP contribution in [0.1, 0.15) is 24.3 Å². The number of fused-ring (bicyclic) bond motifs is 1. The molecule has 0 fully saturated rings. The molecule has 0 saturated carbocycles. The lowest BCUT2D eigenvalue weighted by Crippen LogP contribution is -2.27. The molecule has 0 atom stereocenters. The molecule has 0 saturated heterocycles. The highest BCUT2D eigenvalue weighted by Gasteiger charge is 2.13. The summed E-state index contributed by atoms with van der Waals surface area (Å²) in [7, 11) is 0. The minimum Gasteiger partial charge on any atom is -0.350 e. The van der Waals surface area contributed by atoms with E-state index in [2.05, 4.69) is 36.3 Å². The van der Waals surface area contributed by atoms with Gasteiger partial charge in [-0.05, 0) is 11.5 Å². The average molecular weight is 299 g/mol. The Morgan fingerprint density at radius 2 is 2.05 bits per heavy atom. The fourth-order valence-electron chi connectivity index (χ4n) is 2.03. The molecule has 0 aliphatic carbocycles. The summed E-state index contributed by atoms with van der Waals surface area (Å²) in [6.07, 6.45) is 3.80. The summed E-state index contributed by atoms with van der Waals surface area (Å²) in [6.45, 7) is 4.80. The Morgan fingerprint density at radius 3 is 2.71 bits per heavy atom. The Kier molecular flexibility index (Phi) is 3.75. The number of carbonyl (C=O) groups excluding carboxylic acids is 1. The van der Waals surface area contributed by atoms with Crippen molar-refractivity contribution >= 4 is 22.2 Å². The number of hydrogen-bond donors (Lipinski definition) is 1. The van der Waals surface area contributed by atoms with Gasteiger partial charge in [-0.2, -0.15) is 0 Å². The van der Waals surface area contributed by atoms with Crippen molar-refractivity contribution in [1.29, 1.82) is 0 Å². The van der Waals surface area contributed by atoms with Crippen molar-refractivity contribution in [3.63, 3.8) is 0 Å². The highest BCUT2D eigenvalue weighted by Crippen LogP contribution is 2.28. The lowest BCUT2D eigenvalue weighted by Gasteiger charge is -2.04. The number of benzene rings is 1. The van der Waals surface area contributed by atoms with E-state index in [1.807, 2.05) is 28.8 Å². The second kappa shape index (κ2) is 5.69. The Morgan fingerprint density at radius 1 is 1.29 bits per heavy atom. The van der Waals surface area contributed by atoms with E-state index >= 15 is 0 Å². The zero-order valence-corrected chi connectivity index (χ0v) is 12.9. The van der Waals surface area contributed by atoms with Crippen molar-refractivity contribution < 1.29 is 4.79 Å². The van der Waals surface area contributed by atoms with E-state index in [1.54, 1.807) is 17.5 Å². The van der Waals surface area contributed by atoms with Crippen LogP contribution in [-0.2, 0) is 0 Å². The smallest absolute Gasteiger partial charge is 0.271 e. The normalized spacial score (nSPS) is 11.2. The molecule has 1 amide bonds. The van der Waals surface area contributed by atoms with Crippen molar-refractivity contribution in [3.05, 3.63) is 48.4 Å². The molecule has 3 rings (SSSR count). The Bertz CT molecular complexity index is 727. The summed E-state index contributed by atoms with van der Waals surface area (Å²) in [4.78, 5) is 18.4. The van der Waals surface area contributed by atoms with E-state index in [1.165, 1.54) is 5.56 Å². The molecule has 4 nitrogen and oxygen atoms in total. The van der Waals surface area contributed by atoms with Gasteiger partial charge < -0.3 is 5.32 Å². The second-order valence-electron chi connectivity index (χ2n) is 5.38. The second-order valence-corrected chi connectivity index (χ2v) is 6.39. The van der Waals surface area contributed by atoms with Crippen LogP contribution in [0.4, 0.5) is 0 Å². The molecule has 108 valence electrons. The van der Waals surface area contributed by atoms with Gasteiger partial charge >= 0.3 is 0 Å². The van der Waals surface area contributed by atoms with Gasteiger partial charge in [0.1, 0.15) is 5.69 Å². The quantitative estimate of drug-likeness (QED) is 0.802. The van der Waals surface area contributed by atoms with Crippen molar-refractivity contribution in [1.82, 2.24) is 14.7 Å². The molecule has 2 heterocycles. The zero-order valence-electron chi connectivity index (χ0n) is 12.0. The predicted molar refractivity (Wildman–Crippen MR) is 85.7 cm³/mol. The van der Waals surface area contributed by atoms with Gasteiger partial charge in [0, 0.05) is 18.9 Å². The first-order valence-corrected chi connectivity index (χ1v) is 7.77. The third kappa shape index (κ3) is 2.97. The molecule has 0 aliphatic rings. The van der Waals surface area contributed by atoms with Crippen LogP contribution in [-0.4, -0.2) is 21.8 Å². The Labute approximate surface area is 127 Å². The molecule has 0 bridgehead atoms. The van der Waals surface area contributed by atoms with Crippen LogP contribution >= 0.6 is 11.3 Å². The van der Waals surface area contributed by atoms with E-state index < -0.39 is 0 Å². The van der Waals surface area contributed by atoms with E-state index in [9.17, 15) is 4.79 Å². The van der Waals surface area contributed by atoms with Crippen molar-refractivity contribution in [2.45, 2.75) is 13.8 Å². The SMILES string of the molecule is CC(C)CNC(=O)c1cn2cc(-c3ccccc3)sc2n1. The summed E-state index contributed by atoms with van der Waals surface area (Å²) < 4.78 is 1.91. The lowest BCUT2D eigenvalue weighted by atomic mass is 10.2. The number of imidazole rings is 1. The van der Waals surface area contributed by atoms with Gasteiger partial charge in [-0.3, -0.25) is 9.20 Å². The summed E-state index contributed by atoms with van der Waals surface area (Å²) in [6, 6.07) is 10.2. The Hall–Kier alpha value is -2.14. The summed E-state index contributed by atoms with van der Waals surface area (Å²) in [5.74, 6) is 0.322.